The summed E-state index contributed by atoms with van der Waals surface area (Å²) in [4.78, 5) is 20.7. The van der Waals surface area contributed by atoms with E-state index in [1.54, 1.807) is 23.2 Å². The molecule has 1 saturated heterocycles. The predicted octanol–water partition coefficient (Wildman–Crippen LogP) is 0.739. The monoisotopic (exact) mass is 292 g/mol. The number of pyridine rings is 1. The fraction of sp³-hybridized carbons (Fsp3) is 0.500. The van der Waals surface area contributed by atoms with Crippen LogP contribution in [-0.2, 0) is 0 Å². The molecule has 0 aliphatic carbocycles. The van der Waals surface area contributed by atoms with Crippen molar-refractivity contribution < 1.29 is 4.79 Å². The Hall–Kier alpha value is -1.53. The number of likely N-dealkylation sites (tertiary alicyclic amines) is 1. The zero-order valence-corrected chi connectivity index (χ0v) is 12.7. The van der Waals surface area contributed by atoms with Gasteiger partial charge < -0.3 is 15.5 Å². The number of nitrogens with two attached hydrogens (primary N) is 1. The summed E-state index contributed by atoms with van der Waals surface area (Å²) < 4.78 is 0. The fourth-order valence-electron chi connectivity index (χ4n) is 2.51. The van der Waals surface area contributed by atoms with Crippen LogP contribution in [0.2, 0.25) is 0 Å². The van der Waals surface area contributed by atoms with E-state index in [2.05, 4.69) is 16.9 Å². The van der Waals surface area contributed by atoms with E-state index >= 15 is 0 Å². The number of hydrogen-bond donors (Lipinski definition) is 1. The van der Waals surface area contributed by atoms with Crippen molar-refractivity contribution in [3.63, 3.8) is 0 Å². The smallest absolute Gasteiger partial charge is 0.272 e. The average molecular weight is 292 g/mol. The third-order valence-corrected chi connectivity index (χ3v) is 3.87. The van der Waals surface area contributed by atoms with Crippen LogP contribution in [0.4, 0.5) is 0 Å². The SMILES string of the molecule is CN1CCC(CN(C)C(=O)c2ccc(C(N)=S)cn2)C1. The number of thiocarbonyl (C=S) groups is 1. The molecule has 2 rings (SSSR count). The largest absolute Gasteiger partial charge is 0.389 e. The molecule has 0 aromatic carbocycles. The molecule has 1 aliphatic heterocycles. The first-order valence-corrected chi connectivity index (χ1v) is 7.08. The summed E-state index contributed by atoms with van der Waals surface area (Å²) in [5.74, 6) is 0.485. The van der Waals surface area contributed by atoms with Gasteiger partial charge in [-0.1, -0.05) is 12.2 Å². The van der Waals surface area contributed by atoms with Gasteiger partial charge in [0.2, 0.25) is 0 Å². The summed E-state index contributed by atoms with van der Waals surface area (Å²) in [5, 5.41) is 0. The Labute approximate surface area is 124 Å². The molecule has 108 valence electrons. The second-order valence-electron chi connectivity index (χ2n) is 5.40. The molecular weight excluding hydrogens is 272 g/mol. The molecule has 6 heteroatoms. The lowest BCUT2D eigenvalue weighted by atomic mass is 10.1. The minimum Gasteiger partial charge on any atom is -0.389 e. The molecule has 1 amide bonds. The predicted molar refractivity (Wildman–Crippen MR) is 82.7 cm³/mol. The Morgan fingerprint density at radius 2 is 2.35 bits per heavy atom. The number of carbonyl (C=O) groups excluding carboxylic acids is 1. The van der Waals surface area contributed by atoms with E-state index in [-0.39, 0.29) is 5.91 Å². The van der Waals surface area contributed by atoms with Crippen LogP contribution in [0.15, 0.2) is 18.3 Å². The van der Waals surface area contributed by atoms with Crippen LogP contribution < -0.4 is 5.73 Å². The van der Waals surface area contributed by atoms with Crippen molar-refractivity contribution in [3.8, 4) is 0 Å². The number of carbonyl (C=O) groups is 1. The molecule has 0 radical (unpaired) electrons. The van der Waals surface area contributed by atoms with Gasteiger partial charge in [0.25, 0.3) is 5.91 Å². The van der Waals surface area contributed by atoms with E-state index in [4.69, 9.17) is 18.0 Å². The molecule has 20 heavy (non-hydrogen) atoms. The molecule has 5 nitrogen and oxygen atoms in total. The van der Waals surface area contributed by atoms with Gasteiger partial charge in [0.05, 0.1) is 0 Å². The molecule has 0 saturated carbocycles. The Kier molecular flexibility index (Phi) is 4.67. The number of hydrogen-bond acceptors (Lipinski definition) is 4. The van der Waals surface area contributed by atoms with E-state index in [1.165, 1.54) is 0 Å². The Morgan fingerprint density at radius 1 is 1.60 bits per heavy atom. The number of amides is 1. The molecule has 2 N–H and O–H groups in total. The highest BCUT2D eigenvalue weighted by Crippen LogP contribution is 2.16. The third kappa shape index (κ3) is 3.52. The quantitative estimate of drug-likeness (QED) is 0.829. The minimum atomic E-state index is -0.0611. The summed E-state index contributed by atoms with van der Waals surface area (Å²) >= 11 is 4.87. The Balaban J connectivity index is 1.97. The summed E-state index contributed by atoms with van der Waals surface area (Å²) in [5.41, 5.74) is 6.62. The van der Waals surface area contributed by atoms with Crippen molar-refractivity contribution in [2.24, 2.45) is 11.7 Å². The molecule has 1 aliphatic rings. The summed E-state index contributed by atoms with van der Waals surface area (Å²) in [7, 11) is 3.93. The molecule has 1 atom stereocenters. The molecule has 0 bridgehead atoms. The van der Waals surface area contributed by atoms with Gasteiger partial charge in [0, 0.05) is 31.9 Å². The van der Waals surface area contributed by atoms with Gasteiger partial charge in [-0.2, -0.15) is 0 Å². The maximum absolute atomic E-state index is 12.3. The van der Waals surface area contributed by atoms with Crippen molar-refractivity contribution in [2.75, 3.05) is 33.7 Å². The Morgan fingerprint density at radius 3 is 2.85 bits per heavy atom. The summed E-state index contributed by atoms with van der Waals surface area (Å²) in [6.45, 7) is 2.92. The number of aromatic nitrogens is 1. The van der Waals surface area contributed by atoms with Crippen LogP contribution in [0.1, 0.15) is 22.5 Å². The van der Waals surface area contributed by atoms with Crippen LogP contribution in [0, 0.1) is 5.92 Å². The normalized spacial score (nSPS) is 19.0. The van der Waals surface area contributed by atoms with Crippen molar-refractivity contribution >= 4 is 23.1 Å². The van der Waals surface area contributed by atoms with Gasteiger partial charge in [0.15, 0.2) is 0 Å². The first-order chi connectivity index (χ1) is 9.47. The van der Waals surface area contributed by atoms with Gasteiger partial charge in [-0.15, -0.1) is 0 Å². The second-order valence-corrected chi connectivity index (χ2v) is 5.84. The van der Waals surface area contributed by atoms with Gasteiger partial charge in [-0.25, -0.2) is 0 Å². The zero-order chi connectivity index (χ0) is 14.7. The van der Waals surface area contributed by atoms with Gasteiger partial charge in [-0.05, 0) is 38.1 Å². The van der Waals surface area contributed by atoms with Crippen molar-refractivity contribution in [1.82, 2.24) is 14.8 Å². The molecule has 0 spiro atoms. The maximum atomic E-state index is 12.3. The van der Waals surface area contributed by atoms with Crippen LogP contribution in [0.3, 0.4) is 0 Å². The van der Waals surface area contributed by atoms with Crippen LogP contribution in [0.25, 0.3) is 0 Å². The zero-order valence-electron chi connectivity index (χ0n) is 11.9. The molecule has 2 heterocycles. The van der Waals surface area contributed by atoms with Gasteiger partial charge in [-0.3, -0.25) is 9.78 Å². The highest BCUT2D eigenvalue weighted by atomic mass is 32.1. The van der Waals surface area contributed by atoms with Crippen LogP contribution >= 0.6 is 12.2 Å². The van der Waals surface area contributed by atoms with Gasteiger partial charge >= 0.3 is 0 Å². The molecule has 1 unspecified atom stereocenters. The first-order valence-electron chi connectivity index (χ1n) is 6.67. The number of nitrogens with zero attached hydrogens (tertiary/aromatic N) is 3. The summed E-state index contributed by atoms with van der Waals surface area (Å²) in [6.07, 6.45) is 2.69. The van der Waals surface area contributed by atoms with Gasteiger partial charge in [0.1, 0.15) is 10.7 Å². The standard InChI is InChI=1S/C14H20N4OS/c1-17-6-5-10(8-17)9-18(2)14(19)12-4-3-11(7-16-12)13(15)20/h3-4,7,10H,5-6,8-9H2,1-2H3,(H2,15,20). The lowest BCUT2D eigenvalue weighted by Gasteiger charge is -2.20. The van der Waals surface area contributed by atoms with Crippen LogP contribution in [-0.4, -0.2) is 59.4 Å². The van der Waals surface area contributed by atoms with E-state index in [0.717, 1.165) is 26.1 Å². The first kappa shape index (κ1) is 14.9. The topological polar surface area (TPSA) is 62.5 Å². The van der Waals surface area contributed by atoms with Crippen LogP contribution in [0.5, 0.6) is 0 Å². The fourth-order valence-corrected chi connectivity index (χ4v) is 2.63. The van der Waals surface area contributed by atoms with Crippen molar-refractivity contribution in [3.05, 3.63) is 29.6 Å². The molecule has 1 aromatic heterocycles. The Bertz CT molecular complexity index is 502. The van der Waals surface area contributed by atoms with E-state index in [0.29, 0.717) is 22.2 Å². The highest BCUT2D eigenvalue weighted by molar-refractivity contribution is 7.80. The second kappa shape index (κ2) is 6.28. The van der Waals surface area contributed by atoms with E-state index in [1.807, 2.05) is 7.05 Å². The minimum absolute atomic E-state index is 0.0611. The van der Waals surface area contributed by atoms with E-state index in [9.17, 15) is 4.79 Å². The average Bonchev–Trinajstić information content (AvgIpc) is 2.83. The maximum Gasteiger partial charge on any atom is 0.272 e. The van der Waals surface area contributed by atoms with E-state index < -0.39 is 0 Å². The highest BCUT2D eigenvalue weighted by Gasteiger charge is 2.23. The van der Waals surface area contributed by atoms with Crippen molar-refractivity contribution in [1.29, 1.82) is 0 Å². The molecule has 1 aromatic rings. The number of rotatable bonds is 4. The molecular formula is C14H20N4OS. The molecule has 1 fully saturated rings. The lowest BCUT2D eigenvalue weighted by Crippen LogP contribution is -2.33. The lowest BCUT2D eigenvalue weighted by molar-refractivity contribution is 0.0768. The van der Waals surface area contributed by atoms with Crippen molar-refractivity contribution in [2.45, 2.75) is 6.42 Å². The summed E-state index contributed by atoms with van der Waals surface area (Å²) in [6, 6.07) is 3.41. The third-order valence-electron chi connectivity index (χ3n) is 3.63.